The molecule has 0 aliphatic heterocycles. The molecular formula is C11H6F17Si. The van der Waals surface area contributed by atoms with Crippen LogP contribution in [0, 0.1) is 0 Å². The molecule has 0 rings (SSSR count). The van der Waals surface area contributed by atoms with Crippen LogP contribution in [0.2, 0.25) is 6.04 Å². The second-order valence-electron chi connectivity index (χ2n) is 5.50. The Labute approximate surface area is 152 Å². The van der Waals surface area contributed by atoms with E-state index in [1.54, 1.807) is 0 Å². The van der Waals surface area contributed by atoms with Crippen molar-refractivity contribution in [1.82, 2.24) is 0 Å². The van der Waals surface area contributed by atoms with Gasteiger partial charge >= 0.3 is 47.6 Å². The van der Waals surface area contributed by atoms with Crippen LogP contribution in [-0.2, 0) is 0 Å². The lowest BCUT2D eigenvalue weighted by Crippen LogP contribution is -2.74. The van der Waals surface area contributed by atoms with E-state index in [2.05, 4.69) is 10.2 Å². The highest BCUT2D eigenvalue weighted by Gasteiger charge is 2.95. The number of hydrogen-bond acceptors (Lipinski definition) is 0. The quantitative estimate of drug-likeness (QED) is 0.261. The third-order valence-corrected chi connectivity index (χ3v) is 3.81. The highest BCUT2D eigenvalue weighted by Crippen LogP contribution is 2.64. The Morgan fingerprint density at radius 3 is 0.966 bits per heavy atom. The number of hydrogen-bond donors (Lipinski definition) is 0. The smallest absolute Gasteiger partial charge is 0.200 e. The lowest BCUT2D eigenvalue weighted by Gasteiger charge is -2.42. The summed E-state index contributed by atoms with van der Waals surface area (Å²) in [5.74, 6) is -55.7. The molecule has 0 aromatic heterocycles. The van der Waals surface area contributed by atoms with Crippen molar-refractivity contribution in [3.05, 3.63) is 0 Å². The lowest BCUT2D eigenvalue weighted by molar-refractivity contribution is -0.461. The van der Waals surface area contributed by atoms with E-state index in [1.807, 2.05) is 0 Å². The first-order valence-electron chi connectivity index (χ1n) is 6.67. The van der Waals surface area contributed by atoms with Gasteiger partial charge in [0.2, 0.25) is 0 Å². The highest BCUT2D eigenvalue weighted by molar-refractivity contribution is 6.08. The molecule has 0 aliphatic carbocycles. The van der Waals surface area contributed by atoms with Crippen LogP contribution in [-0.4, -0.2) is 57.9 Å². The molecule has 0 spiro atoms. The van der Waals surface area contributed by atoms with Crippen LogP contribution in [0.3, 0.4) is 0 Å². The van der Waals surface area contributed by atoms with Gasteiger partial charge in [0, 0.05) is 16.7 Å². The van der Waals surface area contributed by atoms with Crippen molar-refractivity contribution in [3.8, 4) is 0 Å². The van der Waals surface area contributed by atoms with Gasteiger partial charge < -0.3 is 0 Å². The summed E-state index contributed by atoms with van der Waals surface area (Å²) >= 11 is 0. The van der Waals surface area contributed by atoms with Crippen LogP contribution in [0.15, 0.2) is 0 Å². The van der Waals surface area contributed by atoms with Crippen molar-refractivity contribution in [2.75, 3.05) is 0 Å². The van der Waals surface area contributed by atoms with Gasteiger partial charge in [-0.3, -0.25) is 0 Å². The summed E-state index contributed by atoms with van der Waals surface area (Å²) in [6, 6.07) is -0.653. The van der Waals surface area contributed by atoms with E-state index in [4.69, 9.17) is 0 Å². The van der Waals surface area contributed by atoms with Crippen molar-refractivity contribution in [1.29, 1.82) is 0 Å². The molecule has 0 fully saturated rings. The molecule has 0 N–H and O–H groups in total. The fourth-order valence-corrected chi connectivity index (χ4v) is 1.84. The molecule has 0 amide bonds. The molecule has 3 radical (unpaired) electrons. The van der Waals surface area contributed by atoms with Crippen LogP contribution in [0.25, 0.3) is 0 Å². The fourth-order valence-electron chi connectivity index (χ4n) is 1.66. The van der Waals surface area contributed by atoms with E-state index in [1.165, 1.54) is 0 Å². The van der Waals surface area contributed by atoms with Crippen molar-refractivity contribution in [3.63, 3.8) is 0 Å². The van der Waals surface area contributed by atoms with Gasteiger partial charge in [0.1, 0.15) is 0 Å². The average molecular weight is 489 g/mol. The number of rotatable bonds is 9. The molecule has 0 saturated carbocycles. The first-order chi connectivity index (χ1) is 12.3. The molecule has 0 saturated heterocycles. The first kappa shape index (κ1) is 28.0. The molecule has 0 aliphatic rings. The molecule has 0 nitrogen and oxygen atoms in total. The van der Waals surface area contributed by atoms with Gasteiger partial charge in [-0.15, -0.1) is 0 Å². The maximum Gasteiger partial charge on any atom is 0.460 e. The van der Waals surface area contributed by atoms with Crippen LogP contribution in [0.4, 0.5) is 74.6 Å². The van der Waals surface area contributed by atoms with Crippen LogP contribution in [0.1, 0.15) is 12.8 Å². The molecule has 0 atom stereocenters. The Morgan fingerprint density at radius 2 is 0.690 bits per heavy atom. The summed E-state index contributed by atoms with van der Waals surface area (Å²) in [5.41, 5.74) is 0. The highest BCUT2D eigenvalue weighted by atomic mass is 28.1. The minimum absolute atomic E-state index is 0.653. The second kappa shape index (κ2) is 7.32. The van der Waals surface area contributed by atoms with Crippen molar-refractivity contribution in [2.24, 2.45) is 0 Å². The van der Waals surface area contributed by atoms with Crippen molar-refractivity contribution in [2.45, 2.75) is 66.5 Å². The van der Waals surface area contributed by atoms with E-state index in [9.17, 15) is 74.6 Å². The number of halogens is 17. The van der Waals surface area contributed by atoms with Crippen LogP contribution in [0.5, 0.6) is 0 Å². The molecule has 173 valence electrons. The minimum Gasteiger partial charge on any atom is -0.200 e. The average Bonchev–Trinajstić information content (AvgIpc) is 2.50. The van der Waals surface area contributed by atoms with Gasteiger partial charge in [-0.1, -0.05) is 12.5 Å². The van der Waals surface area contributed by atoms with Gasteiger partial charge in [-0.2, -0.15) is 74.6 Å². The predicted molar refractivity (Wildman–Crippen MR) is 60.5 cm³/mol. The first-order valence-corrected chi connectivity index (χ1v) is 7.38. The Balaban J connectivity index is 6.57. The maximum atomic E-state index is 13.3. The molecule has 0 aromatic rings. The summed E-state index contributed by atoms with van der Waals surface area (Å²) < 4.78 is 219. The maximum absolute atomic E-state index is 13.3. The third-order valence-electron chi connectivity index (χ3n) is 3.45. The zero-order chi connectivity index (χ0) is 24.1. The SMILES string of the molecule is FC(F)(F)C(F)(F)C(F)(F)C(F)(F)C(F)(F)C(F)(F)C(F)(F)C(F)(F)CCC[Si]. The molecule has 0 aromatic carbocycles. The Hall–Kier alpha value is -0.973. The van der Waals surface area contributed by atoms with Gasteiger partial charge in [0.15, 0.2) is 0 Å². The molecule has 0 unspecified atom stereocenters. The second-order valence-corrected chi connectivity index (χ2v) is 6.00. The van der Waals surface area contributed by atoms with Gasteiger partial charge in [-0.05, 0) is 0 Å². The molecule has 0 bridgehead atoms. The molecule has 18 heteroatoms. The summed E-state index contributed by atoms with van der Waals surface area (Å²) in [6.45, 7) is 0. The topological polar surface area (TPSA) is 0 Å². The zero-order valence-electron chi connectivity index (χ0n) is 13.0. The third kappa shape index (κ3) is 3.77. The van der Waals surface area contributed by atoms with Crippen molar-refractivity contribution < 1.29 is 74.6 Å². The van der Waals surface area contributed by atoms with E-state index in [0.717, 1.165) is 0 Å². The minimum atomic E-state index is -8.57. The van der Waals surface area contributed by atoms with Gasteiger partial charge in [0.05, 0.1) is 0 Å². The van der Waals surface area contributed by atoms with Crippen LogP contribution < -0.4 is 0 Å². The molecular weight excluding hydrogens is 483 g/mol. The summed E-state index contributed by atoms with van der Waals surface area (Å²) in [5, 5.41) is 0. The van der Waals surface area contributed by atoms with Gasteiger partial charge in [-0.25, -0.2) is 0 Å². The Kier molecular flexibility index (Phi) is 7.07. The summed E-state index contributed by atoms with van der Waals surface area (Å²) in [4.78, 5) is 0. The standard InChI is InChI=1S/C11H6F17Si/c12-4(13,2-1-3-29)5(14,15)6(16,17)7(18,19)8(20,21)9(22,23)10(24,25)11(26,27)28/h1-3H2. The summed E-state index contributed by atoms with van der Waals surface area (Å²) in [6.07, 6.45) is -11.3. The Bertz CT molecular complexity index is 574. The zero-order valence-corrected chi connectivity index (χ0v) is 14.0. The lowest BCUT2D eigenvalue weighted by atomic mass is 9.88. The van der Waals surface area contributed by atoms with E-state index in [-0.39, 0.29) is 0 Å². The number of alkyl halides is 17. The van der Waals surface area contributed by atoms with E-state index in [0.29, 0.717) is 0 Å². The normalized spacial score (nSPS) is 16.3. The fraction of sp³-hybridized carbons (Fsp3) is 1.00. The van der Waals surface area contributed by atoms with Crippen molar-refractivity contribution >= 4 is 10.2 Å². The van der Waals surface area contributed by atoms with Gasteiger partial charge in [0.25, 0.3) is 0 Å². The van der Waals surface area contributed by atoms with E-state index < -0.39 is 66.5 Å². The van der Waals surface area contributed by atoms with E-state index >= 15 is 0 Å². The monoisotopic (exact) mass is 489 g/mol. The predicted octanol–water partition coefficient (Wildman–Crippen LogP) is 6.36. The van der Waals surface area contributed by atoms with Crippen LogP contribution >= 0.6 is 0 Å². The largest absolute Gasteiger partial charge is 0.460 e. The molecule has 0 heterocycles. The summed E-state index contributed by atoms with van der Waals surface area (Å²) in [7, 11) is 2.38. The molecule has 29 heavy (non-hydrogen) atoms. The Morgan fingerprint density at radius 1 is 0.414 bits per heavy atom.